The van der Waals surface area contributed by atoms with Crippen molar-refractivity contribution in [2.75, 3.05) is 13.9 Å². The van der Waals surface area contributed by atoms with Crippen molar-refractivity contribution >= 4 is 5.97 Å². The van der Waals surface area contributed by atoms with Gasteiger partial charge in [0.1, 0.15) is 11.5 Å². The Balaban J connectivity index is 1.90. The van der Waals surface area contributed by atoms with Gasteiger partial charge in [-0.25, -0.2) is 4.79 Å². The lowest BCUT2D eigenvalue weighted by molar-refractivity contribution is -0.135. The van der Waals surface area contributed by atoms with Crippen LogP contribution in [0.15, 0.2) is 27.4 Å². The Hall–Kier alpha value is -2.96. The van der Waals surface area contributed by atoms with E-state index in [9.17, 15) is 9.59 Å². The number of benzene rings is 1. The minimum absolute atomic E-state index is 0.0314. The summed E-state index contributed by atoms with van der Waals surface area (Å²) in [6.45, 7) is 1.72. The minimum atomic E-state index is -0.515. The first kappa shape index (κ1) is 14.6. The Bertz CT molecular complexity index is 897. The lowest BCUT2D eigenvalue weighted by Gasteiger charge is -2.24. The summed E-state index contributed by atoms with van der Waals surface area (Å²) in [6.07, 6.45) is 0.0314. The predicted octanol–water partition coefficient (Wildman–Crippen LogP) is 2.13. The van der Waals surface area contributed by atoms with Crippen molar-refractivity contribution in [3.63, 3.8) is 0 Å². The number of carbonyl (C=O) groups is 1. The predicted molar refractivity (Wildman–Crippen MR) is 80.9 cm³/mol. The standard InChI is InChI=1S/C17H14O7/c1-8-3-11-15(17(19)23-8)10(6-14(18)24-11)9-4-12(20-2)16-13(5-9)21-7-22-16/h3-5,10H,6-7H2,1-2H3/t10-/m1/s1. The highest BCUT2D eigenvalue weighted by Crippen LogP contribution is 2.46. The molecule has 124 valence electrons. The molecule has 0 saturated heterocycles. The van der Waals surface area contributed by atoms with Crippen LogP contribution in [0.3, 0.4) is 0 Å². The molecule has 0 unspecified atom stereocenters. The van der Waals surface area contributed by atoms with Gasteiger partial charge in [-0.2, -0.15) is 0 Å². The lowest BCUT2D eigenvalue weighted by atomic mass is 9.87. The molecule has 2 aliphatic rings. The number of rotatable bonds is 2. The van der Waals surface area contributed by atoms with Crippen LogP contribution in [0.1, 0.15) is 29.2 Å². The molecule has 0 N–H and O–H groups in total. The topological polar surface area (TPSA) is 84.2 Å². The summed E-state index contributed by atoms with van der Waals surface area (Å²) in [7, 11) is 1.52. The first-order valence-electron chi connectivity index (χ1n) is 7.39. The first-order valence-corrected chi connectivity index (χ1v) is 7.39. The van der Waals surface area contributed by atoms with Crippen molar-refractivity contribution < 1.29 is 28.2 Å². The third kappa shape index (κ3) is 2.20. The van der Waals surface area contributed by atoms with Crippen LogP contribution in [0, 0.1) is 6.92 Å². The number of esters is 1. The van der Waals surface area contributed by atoms with Crippen LogP contribution in [0.5, 0.6) is 23.0 Å². The molecule has 1 aromatic heterocycles. The normalized spacial score (nSPS) is 18.1. The number of aryl methyl sites for hydroxylation is 1. The molecule has 0 radical (unpaired) electrons. The minimum Gasteiger partial charge on any atom is -0.493 e. The van der Waals surface area contributed by atoms with Gasteiger partial charge >= 0.3 is 11.6 Å². The van der Waals surface area contributed by atoms with Crippen molar-refractivity contribution in [2.45, 2.75) is 19.3 Å². The molecule has 7 nitrogen and oxygen atoms in total. The molecule has 2 aliphatic heterocycles. The van der Waals surface area contributed by atoms with E-state index in [1.54, 1.807) is 25.1 Å². The van der Waals surface area contributed by atoms with Crippen LogP contribution in [-0.2, 0) is 4.79 Å². The molecular weight excluding hydrogens is 316 g/mol. The second-order valence-electron chi connectivity index (χ2n) is 5.61. The molecule has 1 atom stereocenters. The number of methoxy groups -OCH3 is 1. The van der Waals surface area contributed by atoms with E-state index in [0.29, 0.717) is 34.1 Å². The summed E-state index contributed by atoms with van der Waals surface area (Å²) in [5.41, 5.74) is 0.505. The highest BCUT2D eigenvalue weighted by atomic mass is 16.7. The zero-order valence-corrected chi connectivity index (χ0v) is 13.1. The van der Waals surface area contributed by atoms with E-state index in [-0.39, 0.29) is 19.0 Å². The zero-order chi connectivity index (χ0) is 16.8. The second-order valence-corrected chi connectivity index (χ2v) is 5.61. The molecule has 0 amide bonds. The van der Waals surface area contributed by atoms with Gasteiger partial charge in [-0.1, -0.05) is 0 Å². The maximum Gasteiger partial charge on any atom is 0.343 e. The lowest BCUT2D eigenvalue weighted by Crippen LogP contribution is -2.26. The maximum atomic E-state index is 12.3. The Kier molecular flexibility index (Phi) is 3.23. The van der Waals surface area contributed by atoms with E-state index in [1.807, 2.05) is 0 Å². The molecule has 3 heterocycles. The van der Waals surface area contributed by atoms with Crippen molar-refractivity contribution in [1.82, 2.24) is 0 Å². The summed E-state index contributed by atoms with van der Waals surface area (Å²) in [4.78, 5) is 24.3. The molecule has 4 rings (SSSR count). The first-order chi connectivity index (χ1) is 11.6. The van der Waals surface area contributed by atoms with Gasteiger partial charge in [-0.15, -0.1) is 0 Å². The fraction of sp³-hybridized carbons (Fsp3) is 0.294. The Morgan fingerprint density at radius 2 is 1.96 bits per heavy atom. The van der Waals surface area contributed by atoms with Gasteiger partial charge < -0.3 is 23.4 Å². The van der Waals surface area contributed by atoms with Gasteiger partial charge in [-0.05, 0) is 24.6 Å². The number of carbonyl (C=O) groups excluding carboxylic acids is 1. The largest absolute Gasteiger partial charge is 0.493 e. The van der Waals surface area contributed by atoms with E-state index in [4.69, 9.17) is 23.4 Å². The summed E-state index contributed by atoms with van der Waals surface area (Å²) < 4.78 is 26.5. The molecule has 0 saturated carbocycles. The van der Waals surface area contributed by atoms with Crippen molar-refractivity contribution in [1.29, 1.82) is 0 Å². The summed E-state index contributed by atoms with van der Waals surface area (Å²) in [5.74, 6) is 1.22. The van der Waals surface area contributed by atoms with Gasteiger partial charge in [0.25, 0.3) is 0 Å². The fourth-order valence-corrected chi connectivity index (χ4v) is 3.06. The number of hydrogen-bond acceptors (Lipinski definition) is 7. The monoisotopic (exact) mass is 330 g/mol. The van der Waals surface area contributed by atoms with Crippen LogP contribution >= 0.6 is 0 Å². The molecule has 7 heteroatoms. The third-order valence-corrected chi connectivity index (χ3v) is 4.10. The van der Waals surface area contributed by atoms with Gasteiger partial charge in [-0.3, -0.25) is 4.79 Å². The van der Waals surface area contributed by atoms with Crippen LogP contribution in [-0.4, -0.2) is 19.9 Å². The van der Waals surface area contributed by atoms with Gasteiger partial charge in [0.15, 0.2) is 11.5 Å². The molecule has 2 aromatic rings. The average Bonchev–Trinajstić information content (AvgIpc) is 3.00. The van der Waals surface area contributed by atoms with Crippen LogP contribution in [0.4, 0.5) is 0 Å². The van der Waals surface area contributed by atoms with Crippen molar-refractivity contribution in [2.24, 2.45) is 0 Å². The Morgan fingerprint density at radius 3 is 2.75 bits per heavy atom. The second kappa shape index (κ2) is 5.30. The molecule has 0 fully saturated rings. The average molecular weight is 330 g/mol. The Labute approximate surface area is 136 Å². The summed E-state index contributed by atoms with van der Waals surface area (Å²) in [6, 6.07) is 5.03. The molecule has 0 bridgehead atoms. The van der Waals surface area contributed by atoms with Crippen LogP contribution < -0.4 is 24.6 Å². The van der Waals surface area contributed by atoms with Crippen LogP contribution in [0.25, 0.3) is 0 Å². The Morgan fingerprint density at radius 1 is 1.12 bits per heavy atom. The van der Waals surface area contributed by atoms with E-state index < -0.39 is 17.5 Å². The third-order valence-electron chi connectivity index (χ3n) is 4.10. The number of hydrogen-bond donors (Lipinski definition) is 0. The fourth-order valence-electron chi connectivity index (χ4n) is 3.06. The molecule has 0 spiro atoms. The van der Waals surface area contributed by atoms with Crippen molar-refractivity contribution in [3.8, 4) is 23.0 Å². The quantitative estimate of drug-likeness (QED) is 0.780. The van der Waals surface area contributed by atoms with E-state index in [0.717, 1.165) is 0 Å². The number of ether oxygens (including phenoxy) is 4. The van der Waals surface area contributed by atoms with Gasteiger partial charge in [0, 0.05) is 12.0 Å². The maximum absolute atomic E-state index is 12.3. The molecule has 24 heavy (non-hydrogen) atoms. The highest BCUT2D eigenvalue weighted by molar-refractivity contribution is 5.77. The van der Waals surface area contributed by atoms with Gasteiger partial charge in [0.2, 0.25) is 12.5 Å². The summed E-state index contributed by atoms with van der Waals surface area (Å²) in [5, 5.41) is 0. The SMILES string of the molecule is COc1cc([C@H]2CC(=O)Oc3cc(C)oc(=O)c32)cc2c1OCO2. The van der Waals surface area contributed by atoms with Crippen molar-refractivity contribution in [3.05, 3.63) is 45.5 Å². The zero-order valence-electron chi connectivity index (χ0n) is 13.1. The molecular formula is C17H14O7. The summed E-state index contributed by atoms with van der Waals surface area (Å²) >= 11 is 0. The highest BCUT2D eigenvalue weighted by Gasteiger charge is 2.34. The van der Waals surface area contributed by atoms with E-state index in [2.05, 4.69) is 0 Å². The molecule has 0 aliphatic carbocycles. The van der Waals surface area contributed by atoms with Gasteiger partial charge in [0.05, 0.1) is 19.1 Å². The molecule has 1 aromatic carbocycles. The smallest absolute Gasteiger partial charge is 0.343 e. The number of fused-ring (bicyclic) bond motifs is 2. The van der Waals surface area contributed by atoms with Crippen LogP contribution in [0.2, 0.25) is 0 Å². The van der Waals surface area contributed by atoms with E-state index >= 15 is 0 Å². The van der Waals surface area contributed by atoms with E-state index in [1.165, 1.54) is 7.11 Å².